The third-order valence-electron chi connectivity index (χ3n) is 1.95. The quantitative estimate of drug-likeness (QED) is 0.634. The van der Waals surface area contributed by atoms with E-state index in [2.05, 4.69) is 21.4 Å². The van der Waals surface area contributed by atoms with Crippen LogP contribution in [0.4, 0.5) is 0 Å². The highest BCUT2D eigenvalue weighted by Crippen LogP contribution is 2.17. The molecule has 1 aromatic rings. The SMILES string of the molecule is C=CCN1Cc2nc[nH]c2C1. The molecule has 0 aliphatic carbocycles. The smallest absolute Gasteiger partial charge is 0.0926 e. The number of hydrogen-bond donors (Lipinski definition) is 1. The van der Waals surface area contributed by atoms with Crippen molar-refractivity contribution in [3.63, 3.8) is 0 Å². The Labute approximate surface area is 65.7 Å². The number of hydrogen-bond acceptors (Lipinski definition) is 2. The molecule has 3 heteroatoms. The van der Waals surface area contributed by atoms with Gasteiger partial charge in [0.05, 0.1) is 17.7 Å². The van der Waals surface area contributed by atoms with Gasteiger partial charge in [-0.15, -0.1) is 6.58 Å². The summed E-state index contributed by atoms with van der Waals surface area (Å²) in [6.07, 6.45) is 3.68. The van der Waals surface area contributed by atoms with Crippen LogP contribution in [0.1, 0.15) is 11.4 Å². The molecule has 0 radical (unpaired) electrons. The van der Waals surface area contributed by atoms with Crippen molar-refractivity contribution in [1.29, 1.82) is 0 Å². The van der Waals surface area contributed by atoms with Crippen LogP contribution in [0, 0.1) is 0 Å². The van der Waals surface area contributed by atoms with Gasteiger partial charge in [-0.05, 0) is 0 Å². The van der Waals surface area contributed by atoms with Crippen LogP contribution in [0.2, 0.25) is 0 Å². The van der Waals surface area contributed by atoms with Crippen molar-refractivity contribution in [1.82, 2.24) is 14.9 Å². The van der Waals surface area contributed by atoms with E-state index in [1.807, 2.05) is 6.08 Å². The largest absolute Gasteiger partial charge is 0.347 e. The summed E-state index contributed by atoms with van der Waals surface area (Å²) in [5.74, 6) is 0. The summed E-state index contributed by atoms with van der Waals surface area (Å²) in [5, 5.41) is 0. The van der Waals surface area contributed by atoms with Gasteiger partial charge in [-0.25, -0.2) is 4.98 Å². The zero-order valence-corrected chi connectivity index (χ0v) is 6.38. The van der Waals surface area contributed by atoms with E-state index in [1.54, 1.807) is 6.33 Å². The third-order valence-corrected chi connectivity index (χ3v) is 1.95. The Morgan fingerprint density at radius 3 is 3.36 bits per heavy atom. The highest BCUT2D eigenvalue weighted by atomic mass is 15.2. The molecule has 0 aromatic carbocycles. The minimum atomic E-state index is 0.949. The summed E-state index contributed by atoms with van der Waals surface area (Å²) in [4.78, 5) is 9.61. The first-order chi connectivity index (χ1) is 5.40. The number of aromatic nitrogens is 2. The summed E-state index contributed by atoms with van der Waals surface area (Å²) in [6, 6.07) is 0. The average Bonchev–Trinajstić information content (AvgIpc) is 2.46. The molecule has 2 rings (SSSR count). The zero-order chi connectivity index (χ0) is 7.68. The summed E-state index contributed by atoms with van der Waals surface area (Å²) < 4.78 is 0. The van der Waals surface area contributed by atoms with Gasteiger partial charge in [-0.2, -0.15) is 0 Å². The van der Waals surface area contributed by atoms with Gasteiger partial charge in [-0.1, -0.05) is 6.08 Å². The second kappa shape index (κ2) is 2.51. The van der Waals surface area contributed by atoms with Gasteiger partial charge in [-0.3, -0.25) is 4.90 Å². The van der Waals surface area contributed by atoms with Crippen LogP contribution < -0.4 is 0 Å². The monoisotopic (exact) mass is 149 g/mol. The molecule has 0 spiro atoms. The Hall–Kier alpha value is -1.09. The summed E-state index contributed by atoms with van der Waals surface area (Å²) in [6.45, 7) is 6.60. The third kappa shape index (κ3) is 1.07. The highest BCUT2D eigenvalue weighted by Gasteiger charge is 2.19. The minimum absolute atomic E-state index is 0.949. The lowest BCUT2D eigenvalue weighted by atomic mass is 10.4. The van der Waals surface area contributed by atoms with Gasteiger partial charge in [0.2, 0.25) is 0 Å². The van der Waals surface area contributed by atoms with Crippen LogP contribution in [0.3, 0.4) is 0 Å². The van der Waals surface area contributed by atoms with Gasteiger partial charge >= 0.3 is 0 Å². The van der Waals surface area contributed by atoms with Gasteiger partial charge in [0.25, 0.3) is 0 Å². The summed E-state index contributed by atoms with van der Waals surface area (Å²) >= 11 is 0. The van der Waals surface area contributed by atoms with Crippen LogP contribution in [0.25, 0.3) is 0 Å². The molecule has 1 aromatic heterocycles. The van der Waals surface area contributed by atoms with Crippen LogP contribution in [0.15, 0.2) is 19.0 Å². The number of nitrogens with one attached hydrogen (secondary N) is 1. The number of nitrogens with zero attached hydrogens (tertiary/aromatic N) is 2. The fourth-order valence-corrected chi connectivity index (χ4v) is 1.43. The van der Waals surface area contributed by atoms with Gasteiger partial charge in [0.15, 0.2) is 0 Å². The maximum absolute atomic E-state index is 4.20. The Balaban J connectivity index is 2.09. The topological polar surface area (TPSA) is 31.9 Å². The Morgan fingerprint density at radius 1 is 1.73 bits per heavy atom. The number of rotatable bonds is 2. The van der Waals surface area contributed by atoms with Crippen molar-refractivity contribution < 1.29 is 0 Å². The fraction of sp³-hybridized carbons (Fsp3) is 0.375. The van der Waals surface area contributed by atoms with Gasteiger partial charge in [0.1, 0.15) is 0 Å². The van der Waals surface area contributed by atoms with E-state index >= 15 is 0 Å². The van der Waals surface area contributed by atoms with E-state index in [-0.39, 0.29) is 0 Å². The highest BCUT2D eigenvalue weighted by molar-refractivity contribution is 5.15. The molecule has 0 bridgehead atoms. The van der Waals surface area contributed by atoms with Crippen molar-refractivity contribution in [2.24, 2.45) is 0 Å². The maximum Gasteiger partial charge on any atom is 0.0926 e. The number of aromatic amines is 1. The van der Waals surface area contributed by atoms with Gasteiger partial charge in [0, 0.05) is 19.6 Å². The predicted octanol–water partition coefficient (Wildman–Crippen LogP) is 0.911. The van der Waals surface area contributed by atoms with Crippen LogP contribution >= 0.6 is 0 Å². The van der Waals surface area contributed by atoms with E-state index in [9.17, 15) is 0 Å². The lowest BCUT2D eigenvalue weighted by Gasteiger charge is -2.09. The van der Waals surface area contributed by atoms with E-state index in [0.29, 0.717) is 0 Å². The molecule has 0 unspecified atom stereocenters. The molecule has 11 heavy (non-hydrogen) atoms. The fourth-order valence-electron chi connectivity index (χ4n) is 1.43. The molecule has 1 aliphatic rings. The normalized spacial score (nSPS) is 16.7. The Kier molecular flexibility index (Phi) is 1.51. The molecule has 2 heterocycles. The van der Waals surface area contributed by atoms with E-state index in [0.717, 1.165) is 19.6 Å². The number of fused-ring (bicyclic) bond motifs is 1. The first kappa shape index (κ1) is 6.61. The molecule has 1 N–H and O–H groups in total. The molecular weight excluding hydrogens is 138 g/mol. The van der Waals surface area contributed by atoms with Crippen molar-refractivity contribution >= 4 is 0 Å². The van der Waals surface area contributed by atoms with E-state index < -0.39 is 0 Å². The second-order valence-corrected chi connectivity index (χ2v) is 2.79. The molecule has 3 nitrogen and oxygen atoms in total. The zero-order valence-electron chi connectivity index (χ0n) is 6.38. The number of H-pyrrole nitrogens is 1. The summed E-state index contributed by atoms with van der Waals surface area (Å²) in [7, 11) is 0. The number of imidazole rings is 1. The molecule has 1 aliphatic heterocycles. The lowest BCUT2D eigenvalue weighted by molar-refractivity contribution is 0.312. The van der Waals surface area contributed by atoms with E-state index in [4.69, 9.17) is 0 Å². The molecule has 0 fully saturated rings. The first-order valence-electron chi connectivity index (χ1n) is 3.74. The Bertz CT molecular complexity index is 244. The standard InChI is InChI=1S/C8H11N3/c1-2-3-11-4-7-8(5-11)10-6-9-7/h2,6H,1,3-5H2,(H,9,10). The predicted molar refractivity (Wildman–Crippen MR) is 42.9 cm³/mol. The molecule has 58 valence electrons. The van der Waals surface area contributed by atoms with E-state index in [1.165, 1.54) is 11.4 Å². The average molecular weight is 149 g/mol. The minimum Gasteiger partial charge on any atom is -0.347 e. The molecule has 0 atom stereocenters. The first-order valence-corrected chi connectivity index (χ1v) is 3.74. The van der Waals surface area contributed by atoms with Crippen LogP contribution in [-0.2, 0) is 13.1 Å². The van der Waals surface area contributed by atoms with Crippen molar-refractivity contribution in [2.45, 2.75) is 13.1 Å². The summed E-state index contributed by atoms with van der Waals surface area (Å²) in [5.41, 5.74) is 2.44. The van der Waals surface area contributed by atoms with Crippen molar-refractivity contribution in [2.75, 3.05) is 6.54 Å². The second-order valence-electron chi connectivity index (χ2n) is 2.79. The molecule has 0 amide bonds. The maximum atomic E-state index is 4.20. The lowest BCUT2D eigenvalue weighted by Crippen LogP contribution is -2.16. The Morgan fingerprint density at radius 2 is 2.64 bits per heavy atom. The van der Waals surface area contributed by atoms with Gasteiger partial charge < -0.3 is 4.98 Å². The van der Waals surface area contributed by atoms with Crippen molar-refractivity contribution in [3.8, 4) is 0 Å². The van der Waals surface area contributed by atoms with Crippen LogP contribution in [0.5, 0.6) is 0 Å². The molecule has 0 saturated heterocycles. The van der Waals surface area contributed by atoms with Crippen molar-refractivity contribution in [3.05, 3.63) is 30.4 Å². The molecular formula is C8H11N3. The molecule has 0 saturated carbocycles. The van der Waals surface area contributed by atoms with Crippen LogP contribution in [-0.4, -0.2) is 21.4 Å².